The van der Waals surface area contributed by atoms with Crippen LogP contribution < -0.4 is 4.90 Å². The average molecular weight is 538 g/mol. The topological polar surface area (TPSA) is 83.7 Å². The number of rotatable bonds is 7. The molecule has 7 nitrogen and oxygen atoms in total. The molecule has 9 heteroatoms. The molecule has 1 amide bonds. The van der Waals surface area contributed by atoms with Gasteiger partial charge in [0.05, 0.1) is 27.9 Å². The van der Waals surface area contributed by atoms with E-state index in [9.17, 15) is 13.2 Å². The van der Waals surface area contributed by atoms with Gasteiger partial charge in [-0.15, -0.1) is 0 Å². The summed E-state index contributed by atoms with van der Waals surface area (Å²) in [5.74, 6) is 0.664. The minimum absolute atomic E-state index is 0.0291. The van der Waals surface area contributed by atoms with Crippen LogP contribution in [0.25, 0.3) is 10.2 Å². The third-order valence-electron chi connectivity index (χ3n) is 6.88. The van der Waals surface area contributed by atoms with Crippen LogP contribution in [0.15, 0.2) is 70.2 Å². The summed E-state index contributed by atoms with van der Waals surface area (Å²) in [6.07, 6.45) is 4.34. The normalized spacial score (nSPS) is 16.9. The Morgan fingerprint density at radius 1 is 1.14 bits per heavy atom. The van der Waals surface area contributed by atoms with Crippen molar-refractivity contribution in [3.63, 3.8) is 0 Å². The number of fused-ring (bicyclic) bond motifs is 1. The Kier molecular flexibility index (Phi) is 7.20. The van der Waals surface area contributed by atoms with Crippen molar-refractivity contribution in [3.8, 4) is 0 Å². The van der Waals surface area contributed by atoms with Gasteiger partial charge in [0.25, 0.3) is 5.91 Å². The van der Waals surface area contributed by atoms with E-state index < -0.39 is 10.0 Å². The minimum atomic E-state index is -3.61. The Morgan fingerprint density at radius 3 is 2.59 bits per heavy atom. The molecule has 2 aromatic carbocycles. The van der Waals surface area contributed by atoms with Gasteiger partial charge in [-0.3, -0.25) is 9.69 Å². The second-order valence-electron chi connectivity index (χ2n) is 9.80. The summed E-state index contributed by atoms with van der Waals surface area (Å²) in [6.45, 7) is 6.94. The minimum Gasteiger partial charge on any atom is -0.467 e. The molecule has 1 fully saturated rings. The number of nitrogens with zero attached hydrogens (tertiary/aromatic N) is 3. The van der Waals surface area contributed by atoms with Gasteiger partial charge in [-0.25, -0.2) is 13.4 Å². The van der Waals surface area contributed by atoms with E-state index in [2.05, 4.69) is 19.9 Å². The first kappa shape index (κ1) is 25.6. The summed E-state index contributed by atoms with van der Waals surface area (Å²) in [5, 5.41) is 0.573. The molecule has 37 heavy (non-hydrogen) atoms. The SMILES string of the molecule is CC(C)c1cccc2sc(N(Cc3ccco3)C(=O)c3ccc(S(=O)(=O)N4CCCCC4C)cc3)nc12. The van der Waals surface area contributed by atoms with Crippen LogP contribution >= 0.6 is 11.3 Å². The zero-order chi connectivity index (χ0) is 26.2. The second kappa shape index (κ2) is 10.4. The van der Waals surface area contributed by atoms with E-state index in [1.54, 1.807) is 33.7 Å². The number of furan rings is 1. The Bertz CT molecular complexity index is 1490. The van der Waals surface area contributed by atoms with Crippen molar-refractivity contribution in [1.82, 2.24) is 9.29 Å². The van der Waals surface area contributed by atoms with Crippen LogP contribution in [0.1, 0.15) is 67.6 Å². The largest absolute Gasteiger partial charge is 0.467 e. The molecule has 0 radical (unpaired) electrons. The van der Waals surface area contributed by atoms with Gasteiger partial charge < -0.3 is 4.42 Å². The molecule has 1 aliphatic heterocycles. The van der Waals surface area contributed by atoms with E-state index in [0.717, 1.165) is 35.0 Å². The second-order valence-corrected chi connectivity index (χ2v) is 12.7. The highest BCUT2D eigenvalue weighted by molar-refractivity contribution is 7.89. The molecule has 194 valence electrons. The molecule has 5 rings (SSSR count). The Morgan fingerprint density at radius 2 is 1.92 bits per heavy atom. The number of aromatic nitrogens is 1. The van der Waals surface area contributed by atoms with Crippen molar-refractivity contribution < 1.29 is 17.6 Å². The van der Waals surface area contributed by atoms with E-state index in [4.69, 9.17) is 9.40 Å². The fourth-order valence-corrected chi connectivity index (χ4v) is 7.51. The maximum absolute atomic E-state index is 13.8. The zero-order valence-corrected chi connectivity index (χ0v) is 22.9. The number of benzene rings is 2. The van der Waals surface area contributed by atoms with E-state index >= 15 is 0 Å². The lowest BCUT2D eigenvalue weighted by Gasteiger charge is -2.32. The summed E-state index contributed by atoms with van der Waals surface area (Å²) in [5.41, 5.74) is 2.42. The van der Waals surface area contributed by atoms with Gasteiger partial charge in [0.1, 0.15) is 5.76 Å². The number of hydrogen-bond donors (Lipinski definition) is 0. The zero-order valence-electron chi connectivity index (χ0n) is 21.3. The first-order chi connectivity index (χ1) is 17.8. The quantitative estimate of drug-likeness (QED) is 0.272. The van der Waals surface area contributed by atoms with Crippen molar-refractivity contribution in [1.29, 1.82) is 0 Å². The van der Waals surface area contributed by atoms with Crippen molar-refractivity contribution in [2.45, 2.75) is 63.4 Å². The van der Waals surface area contributed by atoms with E-state index in [-0.39, 0.29) is 23.4 Å². The summed E-state index contributed by atoms with van der Waals surface area (Å²) in [7, 11) is -3.61. The summed E-state index contributed by atoms with van der Waals surface area (Å²) >= 11 is 1.46. The molecular formula is C28H31N3O4S2. The van der Waals surface area contributed by atoms with Crippen LogP contribution in [-0.2, 0) is 16.6 Å². The molecule has 0 spiro atoms. The highest BCUT2D eigenvalue weighted by atomic mass is 32.2. The van der Waals surface area contributed by atoms with Crippen LogP contribution in [0.2, 0.25) is 0 Å². The maximum Gasteiger partial charge on any atom is 0.260 e. The third kappa shape index (κ3) is 5.08. The molecule has 4 aromatic rings. The lowest BCUT2D eigenvalue weighted by atomic mass is 10.0. The fourth-order valence-electron chi connectivity index (χ4n) is 4.81. The van der Waals surface area contributed by atoms with E-state index in [1.807, 2.05) is 25.1 Å². The molecule has 3 heterocycles. The van der Waals surface area contributed by atoms with Crippen molar-refractivity contribution in [2.75, 3.05) is 11.4 Å². The fraction of sp³-hybridized carbons (Fsp3) is 0.357. The molecule has 0 N–H and O–H groups in total. The Balaban J connectivity index is 1.48. The van der Waals surface area contributed by atoms with E-state index in [1.165, 1.54) is 23.5 Å². The number of sulfonamides is 1. The first-order valence-electron chi connectivity index (χ1n) is 12.6. The number of amides is 1. The van der Waals surface area contributed by atoms with Crippen LogP contribution in [0.4, 0.5) is 5.13 Å². The van der Waals surface area contributed by atoms with Gasteiger partial charge in [0, 0.05) is 18.2 Å². The van der Waals surface area contributed by atoms with Crippen molar-refractivity contribution >= 4 is 42.6 Å². The average Bonchev–Trinajstić information content (AvgIpc) is 3.56. The molecule has 1 saturated heterocycles. The summed E-state index contributed by atoms with van der Waals surface area (Å²) < 4.78 is 34.6. The van der Waals surface area contributed by atoms with Gasteiger partial charge in [-0.05, 0) is 73.7 Å². The van der Waals surface area contributed by atoms with Crippen molar-refractivity contribution in [3.05, 3.63) is 77.7 Å². The smallest absolute Gasteiger partial charge is 0.260 e. The van der Waals surface area contributed by atoms with Gasteiger partial charge in [-0.1, -0.05) is 43.7 Å². The molecule has 1 atom stereocenters. The highest BCUT2D eigenvalue weighted by Crippen LogP contribution is 2.35. The van der Waals surface area contributed by atoms with Crippen LogP contribution in [0.3, 0.4) is 0 Å². The van der Waals surface area contributed by atoms with E-state index in [0.29, 0.717) is 28.9 Å². The summed E-state index contributed by atoms with van der Waals surface area (Å²) in [6, 6.07) is 15.9. The number of carbonyl (C=O) groups excluding carboxylic acids is 1. The van der Waals surface area contributed by atoms with Gasteiger partial charge in [-0.2, -0.15) is 4.31 Å². The Labute approximate surface area is 221 Å². The highest BCUT2D eigenvalue weighted by Gasteiger charge is 2.31. The number of carbonyl (C=O) groups is 1. The van der Waals surface area contributed by atoms with Crippen LogP contribution in [0.5, 0.6) is 0 Å². The molecule has 0 bridgehead atoms. The maximum atomic E-state index is 13.8. The van der Waals surface area contributed by atoms with Crippen molar-refractivity contribution in [2.24, 2.45) is 0 Å². The number of anilines is 1. The number of hydrogen-bond acceptors (Lipinski definition) is 6. The molecule has 1 unspecified atom stereocenters. The lowest BCUT2D eigenvalue weighted by molar-refractivity contribution is 0.0983. The first-order valence-corrected chi connectivity index (χ1v) is 14.9. The number of para-hydroxylation sites is 1. The lowest BCUT2D eigenvalue weighted by Crippen LogP contribution is -2.41. The van der Waals surface area contributed by atoms with Gasteiger partial charge >= 0.3 is 0 Å². The summed E-state index contributed by atoms with van der Waals surface area (Å²) in [4.78, 5) is 20.4. The van der Waals surface area contributed by atoms with Gasteiger partial charge in [0.15, 0.2) is 5.13 Å². The van der Waals surface area contributed by atoms with Crippen LogP contribution in [-0.4, -0.2) is 36.2 Å². The molecule has 2 aromatic heterocycles. The Hall–Kier alpha value is -3.01. The van der Waals surface area contributed by atoms with Gasteiger partial charge in [0.2, 0.25) is 10.0 Å². The number of piperidine rings is 1. The molecular weight excluding hydrogens is 506 g/mol. The van der Waals surface area contributed by atoms with Crippen LogP contribution in [0, 0.1) is 0 Å². The monoisotopic (exact) mass is 537 g/mol. The molecule has 0 aliphatic carbocycles. The predicted octanol–water partition coefficient (Wildman–Crippen LogP) is 6.42. The third-order valence-corrected chi connectivity index (χ3v) is 9.95. The molecule has 0 saturated carbocycles. The molecule has 1 aliphatic rings. The number of thiazole rings is 1. The predicted molar refractivity (Wildman–Crippen MR) is 147 cm³/mol. The standard InChI is InChI=1S/C28H31N3O4S2/c1-19(2)24-10-6-11-25-26(24)29-28(36-25)30(18-22-9-7-17-35-22)27(32)21-12-14-23(15-13-21)37(33,34)31-16-5-4-8-20(31)3/h6-7,9-15,17,19-20H,4-5,8,16,18H2,1-3H3.